The SMILES string of the molecule is Cl.N#Cc1cc(C(O)C2CCCNC2)ccc1F. The second kappa shape index (κ2) is 6.69. The van der Waals surface area contributed by atoms with Crippen LogP contribution in [0.2, 0.25) is 0 Å². The lowest BCUT2D eigenvalue weighted by atomic mass is 9.89. The van der Waals surface area contributed by atoms with Crippen molar-refractivity contribution in [3.63, 3.8) is 0 Å². The zero-order chi connectivity index (χ0) is 12.3. The van der Waals surface area contributed by atoms with E-state index in [1.54, 1.807) is 12.1 Å². The first-order chi connectivity index (χ1) is 8.22. The Bertz CT molecular complexity index is 441. The van der Waals surface area contributed by atoms with Gasteiger partial charge in [0.1, 0.15) is 11.9 Å². The molecule has 0 bridgehead atoms. The highest BCUT2D eigenvalue weighted by molar-refractivity contribution is 5.85. The van der Waals surface area contributed by atoms with Crippen molar-refractivity contribution in [3.8, 4) is 6.07 Å². The molecule has 1 fully saturated rings. The number of halogens is 2. The third-order valence-electron chi connectivity index (χ3n) is 3.23. The molecule has 0 saturated carbocycles. The maximum atomic E-state index is 13.2. The summed E-state index contributed by atoms with van der Waals surface area (Å²) in [5.41, 5.74) is 0.613. The van der Waals surface area contributed by atoms with Crippen LogP contribution in [0.4, 0.5) is 4.39 Å². The topological polar surface area (TPSA) is 56.0 Å². The Labute approximate surface area is 112 Å². The molecule has 5 heteroatoms. The lowest BCUT2D eigenvalue weighted by Gasteiger charge is -2.27. The fourth-order valence-corrected chi connectivity index (χ4v) is 2.23. The monoisotopic (exact) mass is 270 g/mol. The fraction of sp³-hybridized carbons (Fsp3) is 0.462. The normalized spacial score (nSPS) is 20.6. The zero-order valence-electron chi connectivity index (χ0n) is 9.90. The standard InChI is InChI=1S/C13H15FN2O.ClH/c14-12-4-3-9(6-11(12)7-15)13(17)10-2-1-5-16-8-10;/h3-4,6,10,13,16-17H,1-2,5,8H2;1H. The summed E-state index contributed by atoms with van der Waals surface area (Å²) in [7, 11) is 0. The Hall–Kier alpha value is -1.15. The average molecular weight is 271 g/mol. The Morgan fingerprint density at radius 1 is 1.50 bits per heavy atom. The van der Waals surface area contributed by atoms with Crippen LogP contribution >= 0.6 is 12.4 Å². The van der Waals surface area contributed by atoms with E-state index in [0.717, 1.165) is 25.9 Å². The molecule has 0 spiro atoms. The molecule has 0 amide bonds. The summed E-state index contributed by atoms with van der Waals surface area (Å²) in [4.78, 5) is 0. The fourth-order valence-electron chi connectivity index (χ4n) is 2.23. The number of rotatable bonds is 2. The maximum Gasteiger partial charge on any atom is 0.140 e. The van der Waals surface area contributed by atoms with Crippen molar-refractivity contribution in [2.24, 2.45) is 5.92 Å². The van der Waals surface area contributed by atoms with E-state index in [0.29, 0.717) is 5.56 Å². The first kappa shape index (κ1) is 14.9. The van der Waals surface area contributed by atoms with Gasteiger partial charge in [-0.3, -0.25) is 0 Å². The van der Waals surface area contributed by atoms with E-state index in [2.05, 4.69) is 5.32 Å². The van der Waals surface area contributed by atoms with Crippen LogP contribution in [0.25, 0.3) is 0 Å². The molecule has 2 rings (SSSR count). The van der Waals surface area contributed by atoms with E-state index in [4.69, 9.17) is 5.26 Å². The van der Waals surface area contributed by atoms with Gasteiger partial charge in [-0.25, -0.2) is 4.39 Å². The first-order valence-electron chi connectivity index (χ1n) is 5.80. The lowest BCUT2D eigenvalue weighted by Crippen LogP contribution is -2.33. The second-order valence-corrected chi connectivity index (χ2v) is 4.40. The van der Waals surface area contributed by atoms with Gasteiger partial charge >= 0.3 is 0 Å². The summed E-state index contributed by atoms with van der Waals surface area (Å²) >= 11 is 0. The maximum absolute atomic E-state index is 13.2. The second-order valence-electron chi connectivity index (χ2n) is 4.40. The van der Waals surface area contributed by atoms with Crippen molar-refractivity contribution in [2.45, 2.75) is 18.9 Å². The van der Waals surface area contributed by atoms with Crippen LogP contribution < -0.4 is 5.32 Å². The van der Waals surface area contributed by atoms with E-state index in [-0.39, 0.29) is 23.9 Å². The predicted molar refractivity (Wildman–Crippen MR) is 68.9 cm³/mol. The van der Waals surface area contributed by atoms with Crippen molar-refractivity contribution in [3.05, 3.63) is 35.1 Å². The van der Waals surface area contributed by atoms with Gasteiger partial charge in [0.05, 0.1) is 11.7 Å². The van der Waals surface area contributed by atoms with Gasteiger partial charge in [-0.15, -0.1) is 12.4 Å². The molecule has 1 saturated heterocycles. The predicted octanol–water partition coefficient (Wildman–Crippen LogP) is 2.15. The number of aliphatic hydroxyl groups is 1. The average Bonchev–Trinajstić information content (AvgIpc) is 2.39. The van der Waals surface area contributed by atoms with E-state index >= 15 is 0 Å². The van der Waals surface area contributed by atoms with Crippen molar-refractivity contribution < 1.29 is 9.50 Å². The molecule has 2 unspecified atom stereocenters. The largest absolute Gasteiger partial charge is 0.388 e. The van der Waals surface area contributed by atoms with Gasteiger partial charge in [-0.2, -0.15) is 5.26 Å². The van der Waals surface area contributed by atoms with Crippen LogP contribution in [0.15, 0.2) is 18.2 Å². The Morgan fingerprint density at radius 3 is 2.89 bits per heavy atom. The minimum atomic E-state index is -0.629. The molecular formula is C13H16ClFN2O. The van der Waals surface area contributed by atoms with Gasteiger partial charge in [0.2, 0.25) is 0 Å². The summed E-state index contributed by atoms with van der Waals surface area (Å²) in [5.74, 6) is -0.397. The Kier molecular flexibility index (Phi) is 5.54. The van der Waals surface area contributed by atoms with Gasteiger partial charge < -0.3 is 10.4 Å². The number of hydrogen-bond donors (Lipinski definition) is 2. The lowest BCUT2D eigenvalue weighted by molar-refractivity contribution is 0.0921. The minimum absolute atomic E-state index is 0. The molecule has 0 aromatic heterocycles. The van der Waals surface area contributed by atoms with Crippen LogP contribution in [-0.2, 0) is 0 Å². The van der Waals surface area contributed by atoms with Crippen LogP contribution in [0.1, 0.15) is 30.1 Å². The number of nitrogens with zero attached hydrogens (tertiary/aromatic N) is 1. The summed E-state index contributed by atoms with van der Waals surface area (Å²) in [6, 6.07) is 6.03. The Morgan fingerprint density at radius 2 is 2.28 bits per heavy atom. The summed E-state index contributed by atoms with van der Waals surface area (Å²) in [5, 5.41) is 22.2. The van der Waals surface area contributed by atoms with Gasteiger partial charge in [0.15, 0.2) is 0 Å². The molecule has 1 aliphatic rings. The molecule has 98 valence electrons. The molecule has 1 aromatic rings. The van der Waals surface area contributed by atoms with Gasteiger partial charge in [0, 0.05) is 12.5 Å². The first-order valence-corrected chi connectivity index (χ1v) is 5.80. The number of nitriles is 1. The van der Waals surface area contributed by atoms with Crippen LogP contribution in [0.5, 0.6) is 0 Å². The van der Waals surface area contributed by atoms with Crippen molar-refractivity contribution in [1.82, 2.24) is 5.32 Å². The smallest absolute Gasteiger partial charge is 0.140 e. The van der Waals surface area contributed by atoms with Crippen molar-refractivity contribution >= 4 is 12.4 Å². The number of piperidine rings is 1. The van der Waals surface area contributed by atoms with Crippen LogP contribution in [0.3, 0.4) is 0 Å². The Balaban J connectivity index is 0.00000162. The third-order valence-corrected chi connectivity index (χ3v) is 3.23. The number of aliphatic hydroxyl groups excluding tert-OH is 1. The molecule has 3 nitrogen and oxygen atoms in total. The van der Waals surface area contributed by atoms with E-state index in [9.17, 15) is 9.50 Å². The number of nitrogens with one attached hydrogen (secondary N) is 1. The summed E-state index contributed by atoms with van der Waals surface area (Å²) in [6.07, 6.45) is 1.36. The highest BCUT2D eigenvalue weighted by Gasteiger charge is 2.23. The highest BCUT2D eigenvalue weighted by atomic mass is 35.5. The number of benzene rings is 1. The van der Waals surface area contributed by atoms with Gasteiger partial charge in [-0.1, -0.05) is 6.07 Å². The molecule has 1 aliphatic heterocycles. The van der Waals surface area contributed by atoms with Crippen molar-refractivity contribution in [2.75, 3.05) is 13.1 Å². The molecule has 1 heterocycles. The molecule has 1 aromatic carbocycles. The van der Waals surface area contributed by atoms with Gasteiger partial charge in [-0.05, 0) is 37.1 Å². The zero-order valence-corrected chi connectivity index (χ0v) is 10.7. The van der Waals surface area contributed by atoms with Crippen LogP contribution in [0, 0.1) is 23.1 Å². The molecule has 0 radical (unpaired) electrons. The van der Waals surface area contributed by atoms with Crippen LogP contribution in [-0.4, -0.2) is 18.2 Å². The molecule has 18 heavy (non-hydrogen) atoms. The number of hydrogen-bond acceptors (Lipinski definition) is 3. The van der Waals surface area contributed by atoms with E-state index < -0.39 is 11.9 Å². The molecule has 2 atom stereocenters. The summed E-state index contributed by atoms with van der Waals surface area (Å²) < 4.78 is 13.2. The minimum Gasteiger partial charge on any atom is -0.388 e. The molecule has 2 N–H and O–H groups in total. The third kappa shape index (κ3) is 3.20. The molecular weight excluding hydrogens is 255 g/mol. The van der Waals surface area contributed by atoms with E-state index in [1.807, 2.05) is 0 Å². The quantitative estimate of drug-likeness (QED) is 0.866. The van der Waals surface area contributed by atoms with Crippen molar-refractivity contribution in [1.29, 1.82) is 5.26 Å². The molecule has 0 aliphatic carbocycles. The van der Waals surface area contributed by atoms with E-state index in [1.165, 1.54) is 12.1 Å². The van der Waals surface area contributed by atoms with Gasteiger partial charge in [0.25, 0.3) is 0 Å². The highest BCUT2D eigenvalue weighted by Crippen LogP contribution is 2.28. The summed E-state index contributed by atoms with van der Waals surface area (Å²) in [6.45, 7) is 1.75.